The number of ether oxygens (including phenoxy) is 2. The van der Waals surface area contributed by atoms with Gasteiger partial charge in [0.05, 0.1) is 39.1 Å². The van der Waals surface area contributed by atoms with Crippen molar-refractivity contribution in [2.24, 2.45) is 5.92 Å². The highest BCUT2D eigenvalue weighted by molar-refractivity contribution is 5.96. The number of hydrogen-bond donors (Lipinski definition) is 1. The quantitative estimate of drug-likeness (QED) is 0.446. The number of carbonyl (C=O) groups excluding carboxylic acids is 2. The second-order valence-electron chi connectivity index (χ2n) is 5.72. The molecule has 0 saturated heterocycles. The summed E-state index contributed by atoms with van der Waals surface area (Å²) in [5, 5.41) is 10.5. The fourth-order valence-electron chi connectivity index (χ4n) is 1.66. The van der Waals surface area contributed by atoms with Crippen molar-refractivity contribution in [1.29, 1.82) is 0 Å². The first-order valence-electron chi connectivity index (χ1n) is 7.98. The third kappa shape index (κ3) is 9.86. The summed E-state index contributed by atoms with van der Waals surface area (Å²) >= 11 is 0. The highest BCUT2D eigenvalue weighted by atomic mass is 16.5. The maximum Gasteiger partial charge on any atom is 0.244 e. The van der Waals surface area contributed by atoms with Gasteiger partial charge in [-0.2, -0.15) is 0 Å². The van der Waals surface area contributed by atoms with Crippen molar-refractivity contribution in [3.63, 3.8) is 0 Å². The zero-order chi connectivity index (χ0) is 17.8. The molecule has 0 aliphatic carbocycles. The lowest BCUT2D eigenvalue weighted by molar-refractivity contribution is -0.117. The van der Waals surface area contributed by atoms with Crippen LogP contribution in [0.3, 0.4) is 0 Å². The molecule has 0 fully saturated rings. The summed E-state index contributed by atoms with van der Waals surface area (Å²) in [5.74, 6) is 0.00666. The van der Waals surface area contributed by atoms with Gasteiger partial charge < -0.3 is 14.8 Å². The molecule has 0 bridgehead atoms. The Kier molecular flexibility index (Phi) is 9.55. The number of nitrogens with zero attached hydrogens (tertiary/aromatic N) is 3. The lowest BCUT2D eigenvalue weighted by Crippen LogP contribution is -2.20. The normalized spacial score (nSPS) is 11.3. The third-order valence-corrected chi connectivity index (χ3v) is 2.79. The number of ketones is 1. The molecule has 1 heterocycles. The average Bonchev–Trinajstić information content (AvgIpc) is 2.97. The van der Waals surface area contributed by atoms with E-state index in [0.717, 1.165) is 6.61 Å². The summed E-state index contributed by atoms with van der Waals surface area (Å²) in [6, 6.07) is 0. The van der Waals surface area contributed by atoms with Crippen LogP contribution < -0.4 is 5.32 Å². The molecule has 24 heavy (non-hydrogen) atoms. The molecule has 1 amide bonds. The molecule has 0 spiro atoms. The number of amides is 1. The molecular formula is C16H26N4O4. The Bertz CT molecular complexity index is 540. The largest absolute Gasteiger partial charge is 0.379 e. The van der Waals surface area contributed by atoms with E-state index < -0.39 is 0 Å². The number of aromatic nitrogens is 3. The molecule has 1 aromatic rings. The fourth-order valence-corrected chi connectivity index (χ4v) is 1.66. The van der Waals surface area contributed by atoms with Crippen molar-refractivity contribution >= 4 is 11.7 Å². The molecular weight excluding hydrogens is 312 g/mol. The molecule has 0 unspecified atom stereocenters. The van der Waals surface area contributed by atoms with E-state index in [1.165, 1.54) is 19.1 Å². The maximum atomic E-state index is 11.4. The Balaban J connectivity index is 2.15. The van der Waals surface area contributed by atoms with E-state index in [0.29, 0.717) is 38.0 Å². The van der Waals surface area contributed by atoms with Gasteiger partial charge in [-0.15, -0.1) is 5.10 Å². The zero-order valence-electron chi connectivity index (χ0n) is 14.5. The van der Waals surface area contributed by atoms with Gasteiger partial charge in [-0.3, -0.25) is 9.59 Å². The topological polar surface area (TPSA) is 95.3 Å². The van der Waals surface area contributed by atoms with E-state index in [4.69, 9.17) is 9.47 Å². The van der Waals surface area contributed by atoms with Crippen LogP contribution in [0.5, 0.6) is 0 Å². The first kappa shape index (κ1) is 20.0. The van der Waals surface area contributed by atoms with Crippen molar-refractivity contribution in [3.8, 4) is 0 Å². The molecule has 0 saturated carbocycles. The van der Waals surface area contributed by atoms with Crippen LogP contribution >= 0.6 is 0 Å². The van der Waals surface area contributed by atoms with Crippen LogP contribution in [-0.2, 0) is 32.2 Å². The first-order valence-corrected chi connectivity index (χ1v) is 7.98. The molecule has 0 radical (unpaired) electrons. The van der Waals surface area contributed by atoms with Crippen LogP contribution in [-0.4, -0.2) is 53.1 Å². The average molecular weight is 338 g/mol. The standard InChI is InChI=1S/C16H26N4O4/c1-13(2)12-24-9-8-23-7-6-20-11-15(18-19-20)10-17-16(22)5-4-14(3)21/h4-5,11,13H,6-10,12H2,1-3H3,(H,17,22)/b5-4+. The second-order valence-corrected chi connectivity index (χ2v) is 5.72. The van der Waals surface area contributed by atoms with Gasteiger partial charge in [-0.05, 0) is 18.9 Å². The molecule has 0 atom stereocenters. The molecule has 1 N–H and O–H groups in total. The predicted molar refractivity (Wildman–Crippen MR) is 88.2 cm³/mol. The molecule has 1 aromatic heterocycles. The van der Waals surface area contributed by atoms with Crippen LogP contribution in [0.15, 0.2) is 18.3 Å². The molecule has 0 aromatic carbocycles. The lowest BCUT2D eigenvalue weighted by atomic mass is 10.2. The summed E-state index contributed by atoms with van der Waals surface area (Å²) in [6.45, 7) is 8.81. The first-order chi connectivity index (χ1) is 11.5. The maximum absolute atomic E-state index is 11.4. The van der Waals surface area contributed by atoms with Gasteiger partial charge in [0.1, 0.15) is 5.69 Å². The molecule has 0 aliphatic heterocycles. The van der Waals surface area contributed by atoms with E-state index in [-0.39, 0.29) is 18.2 Å². The molecule has 8 heteroatoms. The summed E-state index contributed by atoms with van der Waals surface area (Å²) in [6.07, 6.45) is 4.16. The van der Waals surface area contributed by atoms with Crippen LogP contribution in [0.25, 0.3) is 0 Å². The molecule has 1 rings (SSSR count). The molecule has 134 valence electrons. The predicted octanol–water partition coefficient (Wildman–Crippen LogP) is 0.729. The highest BCUT2D eigenvalue weighted by Crippen LogP contribution is 1.94. The Morgan fingerprint density at radius 3 is 2.71 bits per heavy atom. The van der Waals surface area contributed by atoms with Crippen molar-refractivity contribution in [2.45, 2.75) is 33.9 Å². The fraction of sp³-hybridized carbons (Fsp3) is 0.625. The van der Waals surface area contributed by atoms with Gasteiger partial charge in [-0.1, -0.05) is 19.1 Å². The van der Waals surface area contributed by atoms with Gasteiger partial charge in [0.15, 0.2) is 5.78 Å². The molecule has 8 nitrogen and oxygen atoms in total. The van der Waals surface area contributed by atoms with Crippen molar-refractivity contribution < 1.29 is 19.1 Å². The van der Waals surface area contributed by atoms with Crippen molar-refractivity contribution in [3.05, 3.63) is 24.0 Å². The highest BCUT2D eigenvalue weighted by Gasteiger charge is 2.03. The summed E-state index contributed by atoms with van der Waals surface area (Å²) in [5.41, 5.74) is 0.639. The van der Waals surface area contributed by atoms with E-state index in [2.05, 4.69) is 29.5 Å². The number of hydrogen-bond acceptors (Lipinski definition) is 6. The van der Waals surface area contributed by atoms with Crippen molar-refractivity contribution in [2.75, 3.05) is 26.4 Å². The Morgan fingerprint density at radius 2 is 2.00 bits per heavy atom. The minimum Gasteiger partial charge on any atom is -0.379 e. The van der Waals surface area contributed by atoms with Crippen LogP contribution in [0.1, 0.15) is 26.5 Å². The van der Waals surface area contributed by atoms with E-state index in [9.17, 15) is 9.59 Å². The number of carbonyl (C=O) groups is 2. The van der Waals surface area contributed by atoms with Crippen LogP contribution in [0.2, 0.25) is 0 Å². The zero-order valence-corrected chi connectivity index (χ0v) is 14.5. The van der Waals surface area contributed by atoms with Crippen LogP contribution in [0, 0.1) is 5.92 Å². The smallest absolute Gasteiger partial charge is 0.244 e. The van der Waals surface area contributed by atoms with Gasteiger partial charge in [0.25, 0.3) is 0 Å². The van der Waals surface area contributed by atoms with Gasteiger partial charge in [0.2, 0.25) is 5.91 Å². The van der Waals surface area contributed by atoms with E-state index in [1.54, 1.807) is 10.9 Å². The summed E-state index contributed by atoms with van der Waals surface area (Å²) in [4.78, 5) is 22.2. The summed E-state index contributed by atoms with van der Waals surface area (Å²) in [7, 11) is 0. The van der Waals surface area contributed by atoms with Crippen LogP contribution in [0.4, 0.5) is 0 Å². The minimum absolute atomic E-state index is 0.175. The van der Waals surface area contributed by atoms with Gasteiger partial charge in [0, 0.05) is 12.7 Å². The third-order valence-electron chi connectivity index (χ3n) is 2.79. The molecule has 0 aliphatic rings. The second kappa shape index (κ2) is 11.5. The Labute approximate surface area is 142 Å². The summed E-state index contributed by atoms with van der Waals surface area (Å²) < 4.78 is 12.5. The van der Waals surface area contributed by atoms with Gasteiger partial charge >= 0.3 is 0 Å². The lowest BCUT2D eigenvalue weighted by Gasteiger charge is -2.07. The van der Waals surface area contributed by atoms with Crippen molar-refractivity contribution in [1.82, 2.24) is 20.3 Å². The number of allylic oxidation sites excluding steroid dienone is 1. The number of nitrogens with one attached hydrogen (secondary N) is 1. The van der Waals surface area contributed by atoms with Gasteiger partial charge in [-0.25, -0.2) is 4.68 Å². The SMILES string of the molecule is CC(=O)/C=C/C(=O)NCc1cn(CCOCCOCC(C)C)nn1. The Hall–Kier alpha value is -2.06. The monoisotopic (exact) mass is 338 g/mol. The van der Waals surface area contributed by atoms with E-state index >= 15 is 0 Å². The minimum atomic E-state index is -0.343. The van der Waals surface area contributed by atoms with E-state index in [1.807, 2.05) is 0 Å². The number of rotatable bonds is 12. The Morgan fingerprint density at radius 1 is 1.25 bits per heavy atom.